The van der Waals surface area contributed by atoms with Crippen LogP contribution in [0.5, 0.6) is 11.5 Å². The summed E-state index contributed by atoms with van der Waals surface area (Å²) in [5.74, 6) is 2.39. The molecule has 0 unspecified atom stereocenters. The van der Waals surface area contributed by atoms with Gasteiger partial charge in [-0.2, -0.15) is 0 Å². The highest BCUT2D eigenvalue weighted by molar-refractivity contribution is 6.09. The summed E-state index contributed by atoms with van der Waals surface area (Å²) in [4.78, 5) is 10.4. The SMILES string of the molecule is c1ccc(-c2cc(-c3ccc(-c4cccc5c4oc4ccccc45)cc3)nc(-c3cccc(-c4ccc5c(c4)Oc4ccccc4C54c5ccccc5-c5ccccc54)c3)n2)cc1. The molecule has 2 aromatic heterocycles. The summed E-state index contributed by atoms with van der Waals surface area (Å²) in [6.45, 7) is 0. The smallest absolute Gasteiger partial charge is 0.160 e. The summed E-state index contributed by atoms with van der Waals surface area (Å²) < 4.78 is 13.2. The van der Waals surface area contributed by atoms with E-state index in [1.807, 2.05) is 30.3 Å². The molecule has 0 N–H and O–H groups in total. The Morgan fingerprint density at radius 3 is 1.67 bits per heavy atom. The molecule has 0 amide bonds. The van der Waals surface area contributed by atoms with Gasteiger partial charge in [-0.1, -0.05) is 188 Å². The third-order valence-corrected chi connectivity index (χ3v) is 13.0. The zero-order valence-corrected chi connectivity index (χ0v) is 34.0. The first-order valence-corrected chi connectivity index (χ1v) is 21.4. The topological polar surface area (TPSA) is 48.2 Å². The first-order valence-electron chi connectivity index (χ1n) is 21.4. The number of para-hydroxylation sites is 3. The fourth-order valence-corrected chi connectivity index (χ4v) is 10.2. The Hall–Kier alpha value is -8.34. The van der Waals surface area contributed by atoms with Gasteiger partial charge in [-0.15, -0.1) is 0 Å². The van der Waals surface area contributed by atoms with Crippen molar-refractivity contribution in [2.24, 2.45) is 0 Å². The van der Waals surface area contributed by atoms with Crippen molar-refractivity contribution in [1.82, 2.24) is 9.97 Å². The van der Waals surface area contributed by atoms with Crippen LogP contribution in [0.15, 0.2) is 223 Å². The maximum absolute atomic E-state index is 6.84. The van der Waals surface area contributed by atoms with E-state index in [0.29, 0.717) is 5.82 Å². The third-order valence-electron chi connectivity index (χ3n) is 13.0. The van der Waals surface area contributed by atoms with Crippen molar-refractivity contribution in [3.05, 3.63) is 241 Å². The number of rotatable bonds is 5. The van der Waals surface area contributed by atoms with Crippen LogP contribution in [-0.2, 0) is 5.41 Å². The lowest BCUT2D eigenvalue weighted by atomic mass is 9.66. The van der Waals surface area contributed by atoms with E-state index in [1.54, 1.807) is 0 Å². The van der Waals surface area contributed by atoms with Crippen molar-refractivity contribution >= 4 is 21.9 Å². The van der Waals surface area contributed by atoms with E-state index in [0.717, 1.165) is 94.9 Å². The summed E-state index contributed by atoms with van der Waals surface area (Å²) in [7, 11) is 0. The van der Waals surface area contributed by atoms with Gasteiger partial charge in [-0.25, -0.2) is 9.97 Å². The van der Waals surface area contributed by atoms with Crippen molar-refractivity contribution in [1.29, 1.82) is 0 Å². The van der Waals surface area contributed by atoms with Gasteiger partial charge < -0.3 is 9.15 Å². The number of aromatic nitrogens is 2. The summed E-state index contributed by atoms with van der Waals surface area (Å²) in [5, 5.41) is 2.24. The quantitative estimate of drug-likeness (QED) is 0.174. The van der Waals surface area contributed by atoms with Gasteiger partial charge in [0, 0.05) is 44.2 Å². The Bertz CT molecular complexity index is 3560. The molecule has 0 atom stereocenters. The van der Waals surface area contributed by atoms with Crippen LogP contribution in [-0.4, -0.2) is 9.97 Å². The molecular formula is C59H36N2O2. The average molecular weight is 805 g/mol. The van der Waals surface area contributed by atoms with E-state index in [1.165, 1.54) is 22.3 Å². The van der Waals surface area contributed by atoms with Gasteiger partial charge in [0.25, 0.3) is 0 Å². The van der Waals surface area contributed by atoms with Crippen LogP contribution >= 0.6 is 0 Å². The molecule has 1 aliphatic carbocycles. The highest BCUT2D eigenvalue weighted by Crippen LogP contribution is 2.62. The van der Waals surface area contributed by atoms with Gasteiger partial charge in [-0.3, -0.25) is 0 Å². The summed E-state index contributed by atoms with van der Waals surface area (Å²) in [6.07, 6.45) is 0. The van der Waals surface area contributed by atoms with Crippen molar-refractivity contribution < 1.29 is 9.15 Å². The van der Waals surface area contributed by atoms with Crippen LogP contribution in [0.2, 0.25) is 0 Å². The minimum Gasteiger partial charge on any atom is -0.457 e. The van der Waals surface area contributed by atoms with E-state index < -0.39 is 5.41 Å². The van der Waals surface area contributed by atoms with E-state index in [4.69, 9.17) is 19.1 Å². The molecule has 9 aromatic carbocycles. The van der Waals surface area contributed by atoms with Gasteiger partial charge in [0.15, 0.2) is 5.82 Å². The molecule has 0 bridgehead atoms. The van der Waals surface area contributed by atoms with E-state index in [9.17, 15) is 0 Å². The van der Waals surface area contributed by atoms with Crippen LogP contribution in [0, 0.1) is 0 Å². The minimum absolute atomic E-state index is 0.501. The van der Waals surface area contributed by atoms with Crippen LogP contribution < -0.4 is 4.74 Å². The molecule has 0 fully saturated rings. The number of furan rings is 1. The molecule has 63 heavy (non-hydrogen) atoms. The molecule has 1 spiro atoms. The molecule has 11 aromatic rings. The zero-order valence-electron chi connectivity index (χ0n) is 34.0. The average Bonchev–Trinajstić information content (AvgIpc) is 3.88. The van der Waals surface area contributed by atoms with E-state index in [-0.39, 0.29) is 0 Å². The molecule has 2 aliphatic rings. The summed E-state index contributed by atoms with van der Waals surface area (Å²) in [5.41, 5.74) is 17.6. The molecule has 4 nitrogen and oxygen atoms in total. The standard InChI is InChI=1S/C59H36N2O2/c1-2-14-38(15-3-1)52-36-53(39-30-28-37(29-31-39)43-21-13-22-47-46-20-6-10-26-54(46)63-57(43)47)61-58(60-52)42-17-12-16-40(34-42)41-32-33-51-56(35-41)62-55-27-11-9-25-50(55)59(51)48-23-7-4-18-44(48)45-19-5-8-24-49(45)59/h1-36H. The van der Waals surface area contributed by atoms with Crippen molar-refractivity contribution in [2.75, 3.05) is 0 Å². The van der Waals surface area contributed by atoms with Crippen LogP contribution in [0.4, 0.5) is 0 Å². The van der Waals surface area contributed by atoms with Gasteiger partial charge in [0.1, 0.15) is 22.7 Å². The molecule has 0 radical (unpaired) electrons. The molecule has 13 rings (SSSR count). The molecule has 294 valence electrons. The number of ether oxygens (including phenoxy) is 1. The molecule has 3 heterocycles. The second-order valence-electron chi connectivity index (χ2n) is 16.4. The Balaban J connectivity index is 0.906. The van der Waals surface area contributed by atoms with Crippen LogP contribution in [0.25, 0.3) is 89.2 Å². The second kappa shape index (κ2) is 13.8. The molecule has 1 aliphatic heterocycles. The Kier molecular flexibility index (Phi) is 7.79. The molecule has 4 heteroatoms. The van der Waals surface area contributed by atoms with Crippen LogP contribution in [0.3, 0.4) is 0 Å². The zero-order chi connectivity index (χ0) is 41.5. The molecule has 0 saturated carbocycles. The highest BCUT2D eigenvalue weighted by atomic mass is 16.5. The normalized spacial score (nSPS) is 13.0. The minimum atomic E-state index is -0.501. The molecular weight excluding hydrogens is 769 g/mol. The summed E-state index contributed by atoms with van der Waals surface area (Å²) >= 11 is 0. The first-order chi connectivity index (χ1) is 31.2. The lowest BCUT2D eigenvalue weighted by Gasteiger charge is -2.39. The van der Waals surface area contributed by atoms with Crippen molar-refractivity contribution in [3.63, 3.8) is 0 Å². The summed E-state index contributed by atoms with van der Waals surface area (Å²) in [6, 6.07) is 77.0. The fraction of sp³-hybridized carbons (Fsp3) is 0.0169. The van der Waals surface area contributed by atoms with E-state index >= 15 is 0 Å². The monoisotopic (exact) mass is 804 g/mol. The molecule has 0 saturated heterocycles. The van der Waals surface area contributed by atoms with Gasteiger partial charge in [-0.05, 0) is 69.3 Å². The number of benzene rings is 9. The number of fused-ring (bicyclic) bond motifs is 12. The number of hydrogen-bond donors (Lipinski definition) is 0. The lowest BCUT2D eigenvalue weighted by Crippen LogP contribution is -2.32. The second-order valence-corrected chi connectivity index (χ2v) is 16.4. The Labute approximate surface area is 364 Å². The predicted octanol–water partition coefficient (Wildman–Crippen LogP) is 15.2. The Morgan fingerprint density at radius 1 is 0.333 bits per heavy atom. The van der Waals surface area contributed by atoms with Gasteiger partial charge in [0.05, 0.1) is 16.8 Å². The fourth-order valence-electron chi connectivity index (χ4n) is 10.2. The number of hydrogen-bond acceptors (Lipinski definition) is 4. The maximum Gasteiger partial charge on any atom is 0.160 e. The predicted molar refractivity (Wildman–Crippen MR) is 254 cm³/mol. The third kappa shape index (κ3) is 5.41. The highest BCUT2D eigenvalue weighted by Gasteiger charge is 2.50. The van der Waals surface area contributed by atoms with Crippen molar-refractivity contribution in [3.8, 4) is 78.8 Å². The maximum atomic E-state index is 6.84. The Morgan fingerprint density at radius 2 is 0.873 bits per heavy atom. The van der Waals surface area contributed by atoms with Gasteiger partial charge in [0.2, 0.25) is 0 Å². The van der Waals surface area contributed by atoms with Gasteiger partial charge >= 0.3 is 0 Å². The van der Waals surface area contributed by atoms with Crippen molar-refractivity contribution in [2.45, 2.75) is 5.41 Å². The van der Waals surface area contributed by atoms with Crippen LogP contribution in [0.1, 0.15) is 22.3 Å². The van der Waals surface area contributed by atoms with E-state index in [2.05, 4.69) is 188 Å². The first kappa shape index (κ1) is 35.4. The lowest BCUT2D eigenvalue weighted by molar-refractivity contribution is 0.436. The largest absolute Gasteiger partial charge is 0.457 e. The number of nitrogens with zero attached hydrogens (tertiary/aromatic N) is 2.